The number of hydrogen-bond donors (Lipinski definition) is 1. The molecule has 1 aliphatic rings. The molecule has 128 valence electrons. The van der Waals surface area contributed by atoms with Crippen LogP contribution in [0.3, 0.4) is 0 Å². The van der Waals surface area contributed by atoms with E-state index in [0.29, 0.717) is 32.5 Å². The molecule has 0 saturated carbocycles. The van der Waals surface area contributed by atoms with Crippen LogP contribution in [0, 0.1) is 5.92 Å². The number of aryl methyl sites for hydroxylation is 1. The molecule has 0 bridgehead atoms. The summed E-state index contributed by atoms with van der Waals surface area (Å²) in [6, 6.07) is 7.86. The highest BCUT2D eigenvalue weighted by atomic mass is 16.5. The number of carboxylic acid groups (broad SMARTS) is 1. The number of aliphatic carboxylic acids is 1. The third-order valence-electron chi connectivity index (χ3n) is 4.67. The second-order valence-corrected chi connectivity index (χ2v) is 6.20. The van der Waals surface area contributed by atoms with Gasteiger partial charge in [-0.2, -0.15) is 0 Å². The van der Waals surface area contributed by atoms with Crippen molar-refractivity contribution in [1.82, 2.24) is 9.47 Å². The van der Waals surface area contributed by atoms with E-state index in [1.54, 1.807) is 12.0 Å². The SMILES string of the molecule is COc1ccc2c(ccn2CCC(=O)N2CCCC(C(=O)O)C2)c1. The number of ether oxygens (including phenoxy) is 1. The minimum atomic E-state index is -0.808. The van der Waals surface area contributed by atoms with Crippen LogP contribution in [0.15, 0.2) is 30.5 Å². The number of carbonyl (C=O) groups excluding carboxylic acids is 1. The van der Waals surface area contributed by atoms with E-state index in [9.17, 15) is 9.59 Å². The molecule has 24 heavy (non-hydrogen) atoms. The molecule has 0 spiro atoms. The Kier molecular flexibility index (Phi) is 4.74. The van der Waals surface area contributed by atoms with Crippen molar-refractivity contribution in [3.05, 3.63) is 30.5 Å². The first-order valence-corrected chi connectivity index (χ1v) is 8.22. The van der Waals surface area contributed by atoms with E-state index in [1.165, 1.54) is 0 Å². The summed E-state index contributed by atoms with van der Waals surface area (Å²) in [4.78, 5) is 25.2. The Hall–Kier alpha value is -2.50. The van der Waals surface area contributed by atoms with E-state index >= 15 is 0 Å². The molecule has 1 aromatic carbocycles. The van der Waals surface area contributed by atoms with E-state index in [4.69, 9.17) is 9.84 Å². The van der Waals surface area contributed by atoms with Crippen LogP contribution in [0.25, 0.3) is 10.9 Å². The number of carbonyl (C=O) groups is 2. The Morgan fingerprint density at radius 1 is 1.33 bits per heavy atom. The standard InChI is InChI=1S/C18H22N2O4/c1-24-15-4-5-16-13(11-15)6-9-19(16)10-7-17(21)20-8-2-3-14(12-20)18(22)23/h4-6,9,11,14H,2-3,7-8,10,12H2,1H3,(H,22,23). The number of piperidine rings is 1. The fourth-order valence-corrected chi connectivity index (χ4v) is 3.28. The quantitative estimate of drug-likeness (QED) is 0.913. The monoisotopic (exact) mass is 330 g/mol. The molecule has 1 amide bonds. The zero-order valence-electron chi connectivity index (χ0n) is 13.8. The molecule has 1 saturated heterocycles. The van der Waals surface area contributed by atoms with Gasteiger partial charge in [-0.25, -0.2) is 0 Å². The van der Waals surface area contributed by atoms with Crippen LogP contribution in [0.5, 0.6) is 5.75 Å². The first kappa shape index (κ1) is 16.4. The van der Waals surface area contributed by atoms with Gasteiger partial charge in [0.05, 0.1) is 13.0 Å². The van der Waals surface area contributed by atoms with Crippen LogP contribution in [-0.4, -0.2) is 46.6 Å². The molecule has 1 N–H and O–H groups in total. The molecular formula is C18H22N2O4. The summed E-state index contributed by atoms with van der Waals surface area (Å²) in [6.45, 7) is 1.58. The smallest absolute Gasteiger partial charge is 0.308 e. The third-order valence-corrected chi connectivity index (χ3v) is 4.67. The number of hydrogen-bond acceptors (Lipinski definition) is 3. The molecule has 6 heteroatoms. The Bertz CT molecular complexity index is 753. The van der Waals surface area contributed by atoms with Crippen LogP contribution in [0.4, 0.5) is 0 Å². The minimum absolute atomic E-state index is 0.0244. The van der Waals surface area contributed by atoms with Crippen LogP contribution in [-0.2, 0) is 16.1 Å². The van der Waals surface area contributed by atoms with Gasteiger partial charge in [0.2, 0.25) is 5.91 Å². The highest BCUT2D eigenvalue weighted by Gasteiger charge is 2.27. The fraction of sp³-hybridized carbons (Fsp3) is 0.444. The van der Waals surface area contributed by atoms with Crippen LogP contribution < -0.4 is 4.74 Å². The van der Waals surface area contributed by atoms with Gasteiger partial charge in [0, 0.05) is 43.2 Å². The molecule has 1 atom stereocenters. The van der Waals surface area contributed by atoms with Crippen LogP contribution in [0.2, 0.25) is 0 Å². The summed E-state index contributed by atoms with van der Waals surface area (Å²) in [5.41, 5.74) is 1.06. The maximum atomic E-state index is 12.4. The lowest BCUT2D eigenvalue weighted by molar-refractivity contribution is -0.145. The predicted octanol–water partition coefficient (Wildman–Crippen LogP) is 2.36. The first-order chi connectivity index (χ1) is 11.6. The minimum Gasteiger partial charge on any atom is -0.497 e. The summed E-state index contributed by atoms with van der Waals surface area (Å²) in [5.74, 6) is -0.402. The number of rotatable bonds is 5. The van der Waals surface area contributed by atoms with Crippen molar-refractivity contribution in [2.45, 2.75) is 25.8 Å². The average Bonchev–Trinajstić information content (AvgIpc) is 3.01. The van der Waals surface area contributed by atoms with Crippen molar-refractivity contribution in [1.29, 1.82) is 0 Å². The summed E-state index contributed by atoms with van der Waals surface area (Å²) < 4.78 is 7.27. The number of likely N-dealkylation sites (tertiary alicyclic amines) is 1. The van der Waals surface area contributed by atoms with Gasteiger partial charge >= 0.3 is 5.97 Å². The summed E-state index contributed by atoms with van der Waals surface area (Å²) in [5, 5.41) is 10.2. The number of benzene rings is 1. The van der Waals surface area contributed by atoms with E-state index < -0.39 is 11.9 Å². The lowest BCUT2D eigenvalue weighted by Gasteiger charge is -2.30. The van der Waals surface area contributed by atoms with Crippen LogP contribution in [0.1, 0.15) is 19.3 Å². The third kappa shape index (κ3) is 3.37. The number of nitrogens with zero attached hydrogens (tertiary/aromatic N) is 2. The van der Waals surface area contributed by atoms with Crippen molar-refractivity contribution in [2.75, 3.05) is 20.2 Å². The molecule has 2 aromatic rings. The largest absolute Gasteiger partial charge is 0.497 e. The Morgan fingerprint density at radius 2 is 2.17 bits per heavy atom. The number of amides is 1. The molecule has 1 aromatic heterocycles. The Balaban J connectivity index is 1.63. The van der Waals surface area contributed by atoms with Gasteiger partial charge in [-0.05, 0) is 37.1 Å². The van der Waals surface area contributed by atoms with Crippen molar-refractivity contribution in [2.24, 2.45) is 5.92 Å². The molecule has 6 nitrogen and oxygen atoms in total. The summed E-state index contributed by atoms with van der Waals surface area (Å²) in [7, 11) is 1.64. The van der Waals surface area contributed by atoms with Gasteiger partial charge < -0.3 is 19.3 Å². The molecule has 1 fully saturated rings. The maximum absolute atomic E-state index is 12.4. The number of fused-ring (bicyclic) bond motifs is 1. The van der Waals surface area contributed by atoms with Crippen molar-refractivity contribution in [3.63, 3.8) is 0 Å². The average molecular weight is 330 g/mol. The molecule has 2 heterocycles. The van der Waals surface area contributed by atoms with E-state index in [-0.39, 0.29) is 5.91 Å². The van der Waals surface area contributed by atoms with Gasteiger partial charge in [-0.15, -0.1) is 0 Å². The van der Waals surface area contributed by atoms with Gasteiger partial charge in [0.25, 0.3) is 0 Å². The zero-order valence-corrected chi connectivity index (χ0v) is 13.8. The summed E-state index contributed by atoms with van der Waals surface area (Å²) in [6.07, 6.45) is 3.76. The van der Waals surface area contributed by atoms with Gasteiger partial charge in [0.15, 0.2) is 0 Å². The lowest BCUT2D eigenvalue weighted by Crippen LogP contribution is -2.42. The summed E-state index contributed by atoms with van der Waals surface area (Å²) >= 11 is 0. The van der Waals surface area contributed by atoms with Crippen molar-refractivity contribution < 1.29 is 19.4 Å². The van der Waals surface area contributed by atoms with Gasteiger partial charge in [-0.1, -0.05) is 0 Å². The normalized spacial score (nSPS) is 17.9. The molecular weight excluding hydrogens is 308 g/mol. The molecule has 3 rings (SSSR count). The first-order valence-electron chi connectivity index (χ1n) is 8.22. The topological polar surface area (TPSA) is 71.8 Å². The second-order valence-electron chi connectivity index (χ2n) is 6.20. The number of carboxylic acids is 1. The number of aromatic nitrogens is 1. The second kappa shape index (κ2) is 6.95. The lowest BCUT2D eigenvalue weighted by atomic mass is 9.98. The van der Waals surface area contributed by atoms with Crippen molar-refractivity contribution >= 4 is 22.8 Å². The maximum Gasteiger partial charge on any atom is 0.308 e. The van der Waals surface area contributed by atoms with Gasteiger partial charge in [0.1, 0.15) is 5.75 Å². The van der Waals surface area contributed by atoms with Crippen LogP contribution >= 0.6 is 0 Å². The highest BCUT2D eigenvalue weighted by molar-refractivity contribution is 5.82. The van der Waals surface area contributed by atoms with Gasteiger partial charge in [-0.3, -0.25) is 9.59 Å². The predicted molar refractivity (Wildman–Crippen MR) is 90.0 cm³/mol. The zero-order chi connectivity index (χ0) is 17.1. The highest BCUT2D eigenvalue weighted by Crippen LogP contribution is 2.22. The molecule has 1 aliphatic heterocycles. The fourth-order valence-electron chi connectivity index (χ4n) is 3.28. The van der Waals surface area contributed by atoms with E-state index in [2.05, 4.69) is 0 Å². The Morgan fingerprint density at radius 3 is 2.92 bits per heavy atom. The Labute approximate surface area is 140 Å². The molecule has 0 radical (unpaired) electrons. The van der Waals surface area contributed by atoms with Crippen molar-refractivity contribution in [3.8, 4) is 5.75 Å². The molecule has 0 aliphatic carbocycles. The van der Waals surface area contributed by atoms with E-state index in [0.717, 1.165) is 23.1 Å². The molecule has 1 unspecified atom stereocenters. The number of methoxy groups -OCH3 is 1. The van der Waals surface area contributed by atoms with E-state index in [1.807, 2.05) is 35.0 Å².